The van der Waals surface area contributed by atoms with Crippen LogP contribution in [0.3, 0.4) is 0 Å². The number of halogens is 1. The van der Waals surface area contributed by atoms with E-state index in [1.807, 2.05) is 0 Å². The zero-order valence-corrected chi connectivity index (χ0v) is 4.90. The van der Waals surface area contributed by atoms with E-state index in [-0.39, 0.29) is 0 Å². The summed E-state index contributed by atoms with van der Waals surface area (Å²) in [6, 6.07) is 0. The highest BCUT2D eigenvalue weighted by Gasteiger charge is 2.41. The highest BCUT2D eigenvalue weighted by Crippen LogP contribution is 2.39. The molecule has 0 aromatic rings. The zero-order chi connectivity index (χ0) is 6.20. The summed E-state index contributed by atoms with van der Waals surface area (Å²) in [6.45, 7) is 0. The highest BCUT2D eigenvalue weighted by molar-refractivity contribution is 6.26. The van der Waals surface area contributed by atoms with Gasteiger partial charge in [-0.2, -0.15) is 0 Å². The van der Waals surface area contributed by atoms with Crippen molar-refractivity contribution in [1.29, 1.82) is 0 Å². The van der Waals surface area contributed by atoms with Crippen molar-refractivity contribution in [3.63, 3.8) is 0 Å². The maximum Gasteiger partial charge on any atom is 0.406 e. The van der Waals surface area contributed by atoms with Crippen LogP contribution in [0.5, 0.6) is 0 Å². The van der Waals surface area contributed by atoms with E-state index in [0.29, 0.717) is 0 Å². The third-order valence-corrected chi connectivity index (χ3v) is 1.49. The van der Waals surface area contributed by atoms with Crippen molar-refractivity contribution >= 4 is 17.7 Å². The van der Waals surface area contributed by atoms with Crippen molar-refractivity contribution < 1.29 is 9.90 Å². The van der Waals surface area contributed by atoms with E-state index in [1.165, 1.54) is 0 Å². The lowest BCUT2D eigenvalue weighted by Crippen LogP contribution is -2.30. The van der Waals surface area contributed by atoms with Gasteiger partial charge in [-0.05, 0) is 12.8 Å². The standard InChI is InChI=1S/C4H6ClNO2/c5-4(1-2-4)6-3(7)8/h6H,1-2H2,(H,7,8). The topological polar surface area (TPSA) is 49.3 Å². The van der Waals surface area contributed by atoms with Crippen LogP contribution >= 0.6 is 11.6 Å². The lowest BCUT2D eigenvalue weighted by Gasteiger charge is -2.02. The minimum atomic E-state index is -1.04. The summed E-state index contributed by atoms with van der Waals surface area (Å²) in [5.74, 6) is 0. The van der Waals surface area contributed by atoms with Gasteiger partial charge >= 0.3 is 6.09 Å². The Balaban J connectivity index is 2.29. The lowest BCUT2D eigenvalue weighted by atomic mass is 10.7. The number of carboxylic acid groups (broad SMARTS) is 1. The molecule has 1 aliphatic rings. The SMILES string of the molecule is O=C(O)NC1(Cl)CC1. The molecule has 1 amide bonds. The third kappa shape index (κ3) is 1.26. The molecule has 46 valence electrons. The Hall–Kier alpha value is -0.440. The molecule has 1 rings (SSSR count). The second-order valence-electron chi connectivity index (χ2n) is 1.90. The number of alkyl halides is 1. The molecule has 0 aliphatic heterocycles. The summed E-state index contributed by atoms with van der Waals surface area (Å²) in [7, 11) is 0. The smallest absolute Gasteiger partial charge is 0.406 e. The molecule has 8 heavy (non-hydrogen) atoms. The number of carbonyl (C=O) groups is 1. The summed E-state index contributed by atoms with van der Waals surface area (Å²) < 4.78 is 0. The number of amides is 1. The summed E-state index contributed by atoms with van der Waals surface area (Å²) in [6.07, 6.45) is 0.458. The zero-order valence-electron chi connectivity index (χ0n) is 4.15. The fraction of sp³-hybridized carbons (Fsp3) is 0.750. The van der Waals surface area contributed by atoms with Crippen molar-refractivity contribution in [3.05, 3.63) is 0 Å². The fourth-order valence-corrected chi connectivity index (χ4v) is 0.602. The molecule has 2 N–H and O–H groups in total. The molecule has 3 nitrogen and oxygen atoms in total. The van der Waals surface area contributed by atoms with Crippen LogP contribution in [0, 0.1) is 0 Å². The van der Waals surface area contributed by atoms with Gasteiger partial charge in [-0.1, -0.05) is 11.6 Å². The maximum absolute atomic E-state index is 9.86. The van der Waals surface area contributed by atoms with Crippen molar-refractivity contribution in [2.24, 2.45) is 0 Å². The summed E-state index contributed by atoms with van der Waals surface area (Å²) in [5, 5.41) is 10.3. The van der Waals surface area contributed by atoms with E-state index in [2.05, 4.69) is 5.32 Å². The average molecular weight is 136 g/mol. The lowest BCUT2D eigenvalue weighted by molar-refractivity contribution is 0.192. The number of hydrogen-bond donors (Lipinski definition) is 2. The predicted molar refractivity (Wildman–Crippen MR) is 29.0 cm³/mol. The first-order valence-corrected chi connectivity index (χ1v) is 2.70. The van der Waals surface area contributed by atoms with E-state index in [1.54, 1.807) is 0 Å². The number of nitrogens with one attached hydrogen (secondary N) is 1. The van der Waals surface area contributed by atoms with Crippen LogP contribution < -0.4 is 5.32 Å². The quantitative estimate of drug-likeness (QED) is 0.416. The molecule has 0 unspecified atom stereocenters. The Morgan fingerprint density at radius 2 is 2.25 bits per heavy atom. The molecule has 0 saturated heterocycles. The first-order valence-electron chi connectivity index (χ1n) is 2.32. The Morgan fingerprint density at radius 1 is 1.75 bits per heavy atom. The minimum Gasteiger partial charge on any atom is -0.465 e. The third-order valence-electron chi connectivity index (χ3n) is 1.02. The van der Waals surface area contributed by atoms with E-state index >= 15 is 0 Å². The number of rotatable bonds is 1. The van der Waals surface area contributed by atoms with Crippen LogP contribution in [0.25, 0.3) is 0 Å². The van der Waals surface area contributed by atoms with Gasteiger partial charge in [0.25, 0.3) is 0 Å². The van der Waals surface area contributed by atoms with Crippen LogP contribution in [-0.4, -0.2) is 16.2 Å². The minimum absolute atomic E-state index is 0.605. The fourth-order valence-electron chi connectivity index (χ4n) is 0.426. The van der Waals surface area contributed by atoms with Crippen molar-refractivity contribution in [1.82, 2.24) is 5.32 Å². The van der Waals surface area contributed by atoms with Gasteiger partial charge in [0, 0.05) is 0 Å². The van der Waals surface area contributed by atoms with Gasteiger partial charge in [-0.15, -0.1) is 0 Å². The summed E-state index contributed by atoms with van der Waals surface area (Å²) in [5.41, 5.74) is 0. The van der Waals surface area contributed by atoms with E-state index in [9.17, 15) is 4.79 Å². The van der Waals surface area contributed by atoms with Crippen molar-refractivity contribution in [2.45, 2.75) is 17.8 Å². The molecule has 0 heterocycles. The molecule has 0 bridgehead atoms. The second-order valence-corrected chi connectivity index (χ2v) is 2.62. The normalized spacial score (nSPS) is 22.1. The molecule has 1 saturated carbocycles. The van der Waals surface area contributed by atoms with Gasteiger partial charge < -0.3 is 10.4 Å². The highest BCUT2D eigenvalue weighted by atomic mass is 35.5. The number of hydrogen-bond acceptors (Lipinski definition) is 1. The molecule has 1 fully saturated rings. The molecule has 0 radical (unpaired) electrons. The van der Waals surface area contributed by atoms with Gasteiger partial charge in [-0.3, -0.25) is 0 Å². The molecule has 0 atom stereocenters. The van der Waals surface area contributed by atoms with Gasteiger partial charge in [0.05, 0.1) is 0 Å². The first kappa shape index (κ1) is 5.69. The van der Waals surface area contributed by atoms with Crippen LogP contribution in [0.4, 0.5) is 4.79 Å². The van der Waals surface area contributed by atoms with E-state index < -0.39 is 11.1 Å². The van der Waals surface area contributed by atoms with Crippen LogP contribution in [0.15, 0.2) is 0 Å². The Kier molecular flexibility index (Phi) is 1.08. The van der Waals surface area contributed by atoms with E-state index in [4.69, 9.17) is 16.7 Å². The predicted octanol–water partition coefficient (Wildman–Crippen LogP) is 0.983. The van der Waals surface area contributed by atoms with Gasteiger partial charge in [-0.25, -0.2) is 4.79 Å². The van der Waals surface area contributed by atoms with Crippen LogP contribution in [-0.2, 0) is 0 Å². The van der Waals surface area contributed by atoms with Crippen molar-refractivity contribution in [2.75, 3.05) is 0 Å². The largest absolute Gasteiger partial charge is 0.465 e. The maximum atomic E-state index is 9.86. The molecular formula is C4H6ClNO2. The Morgan fingerprint density at radius 3 is 2.38 bits per heavy atom. The van der Waals surface area contributed by atoms with Crippen molar-refractivity contribution in [3.8, 4) is 0 Å². The van der Waals surface area contributed by atoms with Gasteiger partial charge in [0.1, 0.15) is 5.00 Å². The second kappa shape index (κ2) is 1.52. The monoisotopic (exact) mass is 135 g/mol. The van der Waals surface area contributed by atoms with Gasteiger partial charge in [0.15, 0.2) is 0 Å². The molecule has 0 spiro atoms. The van der Waals surface area contributed by atoms with Crippen LogP contribution in [0.1, 0.15) is 12.8 Å². The summed E-state index contributed by atoms with van der Waals surface area (Å²) >= 11 is 5.55. The molecular weight excluding hydrogens is 130 g/mol. The Bertz CT molecular complexity index is 121. The van der Waals surface area contributed by atoms with E-state index in [0.717, 1.165) is 12.8 Å². The molecule has 0 aromatic heterocycles. The molecule has 1 aliphatic carbocycles. The first-order chi connectivity index (χ1) is 3.62. The van der Waals surface area contributed by atoms with Crippen LogP contribution in [0.2, 0.25) is 0 Å². The average Bonchev–Trinajstić information content (AvgIpc) is 2.17. The molecule has 0 aromatic carbocycles. The summed E-state index contributed by atoms with van der Waals surface area (Å²) in [4.78, 5) is 9.25. The molecule has 4 heteroatoms. The Labute approximate surface area is 51.6 Å². The van der Waals surface area contributed by atoms with Gasteiger partial charge in [0.2, 0.25) is 0 Å².